The number of rotatable bonds is 3. The van der Waals surface area contributed by atoms with E-state index >= 15 is 0 Å². The Labute approximate surface area is 141 Å². The zero-order valence-electron chi connectivity index (χ0n) is 13.9. The van der Waals surface area contributed by atoms with Crippen molar-refractivity contribution in [3.8, 4) is 0 Å². The van der Waals surface area contributed by atoms with Crippen molar-refractivity contribution in [2.75, 3.05) is 29.1 Å². The standard InChI is InChI=1S/C19H21N3O2/c1-13(23)21-17-9-4-10-18-16(17)8-5-11-22(18)19(24)14-6-3-7-15(12-14)20-2/h3-4,6-7,9-10,12,20H,5,8,11H2,1-2H3,(H,21,23). The third kappa shape index (κ3) is 3.11. The molecule has 1 aliphatic rings. The maximum atomic E-state index is 13.0. The van der Waals surface area contributed by atoms with Gasteiger partial charge in [-0.25, -0.2) is 0 Å². The molecule has 2 amide bonds. The molecule has 0 bridgehead atoms. The molecule has 2 aromatic carbocycles. The van der Waals surface area contributed by atoms with Crippen molar-refractivity contribution in [3.63, 3.8) is 0 Å². The first-order valence-electron chi connectivity index (χ1n) is 8.09. The second-order valence-electron chi connectivity index (χ2n) is 5.88. The smallest absolute Gasteiger partial charge is 0.258 e. The minimum atomic E-state index is -0.103. The Kier molecular flexibility index (Phi) is 4.51. The molecule has 5 nitrogen and oxygen atoms in total. The Morgan fingerprint density at radius 3 is 2.67 bits per heavy atom. The summed E-state index contributed by atoms with van der Waals surface area (Å²) in [5.74, 6) is -0.124. The fourth-order valence-corrected chi connectivity index (χ4v) is 3.11. The SMILES string of the molecule is CNc1cccc(C(=O)N2CCCc3c(NC(C)=O)cccc32)c1. The van der Waals surface area contributed by atoms with Crippen LogP contribution in [0.2, 0.25) is 0 Å². The van der Waals surface area contributed by atoms with E-state index in [9.17, 15) is 9.59 Å². The Morgan fingerprint density at radius 2 is 1.92 bits per heavy atom. The van der Waals surface area contributed by atoms with Gasteiger partial charge < -0.3 is 15.5 Å². The third-order valence-electron chi connectivity index (χ3n) is 4.20. The van der Waals surface area contributed by atoms with Gasteiger partial charge in [0.25, 0.3) is 5.91 Å². The molecule has 3 rings (SSSR count). The lowest BCUT2D eigenvalue weighted by Crippen LogP contribution is -2.35. The van der Waals surface area contributed by atoms with Gasteiger partial charge in [-0.05, 0) is 48.7 Å². The lowest BCUT2D eigenvalue weighted by Gasteiger charge is -2.31. The fourth-order valence-electron chi connectivity index (χ4n) is 3.11. The molecule has 1 aliphatic heterocycles. The lowest BCUT2D eigenvalue weighted by molar-refractivity contribution is -0.114. The van der Waals surface area contributed by atoms with Crippen LogP contribution in [0.3, 0.4) is 0 Å². The number of carbonyl (C=O) groups is 2. The largest absolute Gasteiger partial charge is 0.388 e. The van der Waals surface area contributed by atoms with E-state index in [0.29, 0.717) is 12.1 Å². The van der Waals surface area contributed by atoms with Gasteiger partial charge in [-0.2, -0.15) is 0 Å². The maximum Gasteiger partial charge on any atom is 0.258 e. The van der Waals surface area contributed by atoms with Crippen LogP contribution in [0.1, 0.15) is 29.3 Å². The van der Waals surface area contributed by atoms with Crippen molar-refractivity contribution >= 4 is 28.9 Å². The van der Waals surface area contributed by atoms with Crippen LogP contribution >= 0.6 is 0 Å². The molecule has 1 heterocycles. The second kappa shape index (κ2) is 6.74. The molecule has 0 fully saturated rings. The van der Waals surface area contributed by atoms with Crippen LogP contribution in [0.15, 0.2) is 42.5 Å². The highest BCUT2D eigenvalue weighted by molar-refractivity contribution is 6.08. The molecule has 0 saturated heterocycles. The molecule has 0 aliphatic carbocycles. The van der Waals surface area contributed by atoms with E-state index in [-0.39, 0.29) is 11.8 Å². The first-order valence-corrected chi connectivity index (χ1v) is 8.09. The highest BCUT2D eigenvalue weighted by Crippen LogP contribution is 2.33. The molecule has 0 atom stereocenters. The zero-order chi connectivity index (χ0) is 17.1. The lowest BCUT2D eigenvalue weighted by atomic mass is 9.98. The van der Waals surface area contributed by atoms with Crippen LogP contribution in [-0.4, -0.2) is 25.4 Å². The van der Waals surface area contributed by atoms with Gasteiger partial charge in [0.1, 0.15) is 0 Å². The van der Waals surface area contributed by atoms with Gasteiger partial charge in [0.15, 0.2) is 0 Å². The minimum Gasteiger partial charge on any atom is -0.388 e. The van der Waals surface area contributed by atoms with Crippen LogP contribution in [-0.2, 0) is 11.2 Å². The van der Waals surface area contributed by atoms with Crippen LogP contribution in [0, 0.1) is 0 Å². The zero-order valence-corrected chi connectivity index (χ0v) is 13.9. The molecule has 0 radical (unpaired) electrons. The number of nitrogens with zero attached hydrogens (tertiary/aromatic N) is 1. The number of benzene rings is 2. The first kappa shape index (κ1) is 16.1. The molecule has 124 valence electrons. The Bertz CT molecular complexity index is 786. The number of anilines is 3. The number of fused-ring (bicyclic) bond motifs is 1. The molecule has 0 aromatic heterocycles. The molecule has 2 aromatic rings. The summed E-state index contributed by atoms with van der Waals surface area (Å²) in [5, 5.41) is 5.92. The van der Waals surface area contributed by atoms with E-state index in [2.05, 4.69) is 10.6 Å². The number of amides is 2. The summed E-state index contributed by atoms with van der Waals surface area (Å²) in [5.41, 5.74) is 4.26. The van der Waals surface area contributed by atoms with E-state index in [1.165, 1.54) is 6.92 Å². The number of hydrogen-bond donors (Lipinski definition) is 2. The van der Waals surface area contributed by atoms with E-state index in [4.69, 9.17) is 0 Å². The molecular formula is C19H21N3O2. The van der Waals surface area contributed by atoms with Gasteiger partial charge >= 0.3 is 0 Å². The van der Waals surface area contributed by atoms with E-state index in [1.807, 2.05) is 49.5 Å². The average Bonchev–Trinajstić information content (AvgIpc) is 2.60. The van der Waals surface area contributed by atoms with Crippen LogP contribution in [0.4, 0.5) is 17.1 Å². The van der Waals surface area contributed by atoms with Crippen molar-refractivity contribution in [2.45, 2.75) is 19.8 Å². The summed E-state index contributed by atoms with van der Waals surface area (Å²) >= 11 is 0. The van der Waals surface area contributed by atoms with Gasteiger partial charge in [0.05, 0.1) is 0 Å². The highest BCUT2D eigenvalue weighted by Gasteiger charge is 2.25. The van der Waals surface area contributed by atoms with Crippen LogP contribution in [0.25, 0.3) is 0 Å². The quantitative estimate of drug-likeness (QED) is 0.911. The summed E-state index contributed by atoms with van der Waals surface area (Å²) in [6.07, 6.45) is 1.73. The topological polar surface area (TPSA) is 61.4 Å². The molecule has 2 N–H and O–H groups in total. The highest BCUT2D eigenvalue weighted by atomic mass is 16.2. The number of nitrogens with one attached hydrogen (secondary N) is 2. The molecule has 0 unspecified atom stereocenters. The number of carbonyl (C=O) groups excluding carboxylic acids is 2. The van der Waals surface area contributed by atoms with E-state index in [0.717, 1.165) is 35.5 Å². The molecule has 0 spiro atoms. The van der Waals surface area contributed by atoms with Gasteiger partial charge in [-0.1, -0.05) is 12.1 Å². The summed E-state index contributed by atoms with van der Waals surface area (Å²) < 4.78 is 0. The Morgan fingerprint density at radius 1 is 1.12 bits per heavy atom. The first-order chi connectivity index (χ1) is 11.6. The summed E-state index contributed by atoms with van der Waals surface area (Å²) in [6.45, 7) is 2.17. The van der Waals surface area contributed by atoms with Crippen LogP contribution in [0.5, 0.6) is 0 Å². The van der Waals surface area contributed by atoms with Crippen molar-refractivity contribution in [1.82, 2.24) is 0 Å². The predicted molar refractivity (Wildman–Crippen MR) is 96.7 cm³/mol. The van der Waals surface area contributed by atoms with E-state index in [1.54, 1.807) is 4.90 Å². The summed E-state index contributed by atoms with van der Waals surface area (Å²) in [6, 6.07) is 13.2. The molecule has 5 heteroatoms. The fraction of sp³-hybridized carbons (Fsp3) is 0.263. The van der Waals surface area contributed by atoms with Gasteiger partial charge in [-0.15, -0.1) is 0 Å². The van der Waals surface area contributed by atoms with Gasteiger partial charge in [-0.3, -0.25) is 9.59 Å². The van der Waals surface area contributed by atoms with Crippen molar-refractivity contribution in [2.24, 2.45) is 0 Å². The normalized spacial score (nSPS) is 13.2. The molecule has 0 saturated carbocycles. The summed E-state index contributed by atoms with van der Waals surface area (Å²) in [7, 11) is 1.83. The molecular weight excluding hydrogens is 302 g/mol. The van der Waals surface area contributed by atoms with Crippen molar-refractivity contribution in [1.29, 1.82) is 0 Å². The second-order valence-corrected chi connectivity index (χ2v) is 5.88. The average molecular weight is 323 g/mol. The van der Waals surface area contributed by atoms with Crippen LogP contribution < -0.4 is 15.5 Å². The summed E-state index contributed by atoms with van der Waals surface area (Å²) in [4.78, 5) is 26.2. The molecule has 24 heavy (non-hydrogen) atoms. The number of hydrogen-bond acceptors (Lipinski definition) is 3. The predicted octanol–water partition coefficient (Wildman–Crippen LogP) is 3.28. The monoisotopic (exact) mass is 323 g/mol. The minimum absolute atomic E-state index is 0.0203. The third-order valence-corrected chi connectivity index (χ3v) is 4.20. The van der Waals surface area contributed by atoms with Crippen molar-refractivity contribution < 1.29 is 9.59 Å². The van der Waals surface area contributed by atoms with Gasteiger partial charge in [0, 0.05) is 43.1 Å². The maximum absolute atomic E-state index is 13.0. The Hall–Kier alpha value is -2.82. The van der Waals surface area contributed by atoms with Gasteiger partial charge in [0.2, 0.25) is 5.91 Å². The van der Waals surface area contributed by atoms with Crippen molar-refractivity contribution in [3.05, 3.63) is 53.6 Å². The van der Waals surface area contributed by atoms with E-state index < -0.39 is 0 Å². The Balaban J connectivity index is 1.97.